The van der Waals surface area contributed by atoms with Crippen molar-refractivity contribution in [3.63, 3.8) is 0 Å². The van der Waals surface area contributed by atoms with Gasteiger partial charge in [-0.2, -0.15) is 0 Å². The van der Waals surface area contributed by atoms with E-state index in [1.807, 2.05) is 6.07 Å². The number of hydrogen-bond donors (Lipinski definition) is 0. The number of hydrogen-bond acceptors (Lipinski definition) is 4. The Kier molecular flexibility index (Phi) is 6.90. The summed E-state index contributed by atoms with van der Waals surface area (Å²) in [4.78, 5) is 0. The molecule has 0 unspecified atom stereocenters. The molecule has 0 saturated carbocycles. The minimum atomic E-state index is -3.72. The molecule has 4 nitrogen and oxygen atoms in total. The zero-order valence-electron chi connectivity index (χ0n) is 10.6. The lowest BCUT2D eigenvalue weighted by Crippen LogP contribution is -1.99. The highest BCUT2D eigenvalue weighted by molar-refractivity contribution is 7.48. The van der Waals surface area contributed by atoms with Gasteiger partial charge < -0.3 is 4.52 Å². The van der Waals surface area contributed by atoms with Crippen LogP contribution in [0.25, 0.3) is 5.03 Å². The van der Waals surface area contributed by atoms with E-state index >= 15 is 0 Å². The summed E-state index contributed by atoms with van der Waals surface area (Å²) in [5.74, 6) is 0. The Hall–Kier alpha value is -0.510. The fraction of sp³-hybridized carbons (Fsp3) is 0.333. The molecule has 0 N–H and O–H groups in total. The van der Waals surface area contributed by atoms with Crippen LogP contribution in [0.1, 0.15) is 19.4 Å². The zero-order valence-corrected chi connectivity index (χ0v) is 13.0. The molecule has 0 spiro atoms. The molecular weight excluding hydrogens is 310 g/mol. The lowest BCUT2D eigenvalue weighted by Gasteiger charge is -2.17. The van der Waals surface area contributed by atoms with Crippen molar-refractivity contribution in [3.05, 3.63) is 41.1 Å². The first kappa shape index (κ1) is 16.5. The summed E-state index contributed by atoms with van der Waals surface area (Å²) in [6.45, 7) is 3.69. The van der Waals surface area contributed by atoms with Crippen LogP contribution in [0, 0.1) is 0 Å². The van der Waals surface area contributed by atoms with Crippen LogP contribution >= 0.6 is 31.0 Å². The number of benzene rings is 1. The van der Waals surface area contributed by atoms with E-state index in [0.29, 0.717) is 5.56 Å². The highest BCUT2D eigenvalue weighted by Gasteiger charge is 2.29. The van der Waals surface area contributed by atoms with Crippen LogP contribution in [-0.4, -0.2) is 13.2 Å². The predicted molar refractivity (Wildman–Crippen MR) is 77.0 cm³/mol. The van der Waals surface area contributed by atoms with Crippen molar-refractivity contribution in [3.8, 4) is 0 Å². The van der Waals surface area contributed by atoms with Crippen molar-refractivity contribution in [2.45, 2.75) is 13.8 Å². The van der Waals surface area contributed by atoms with E-state index in [1.165, 1.54) is 0 Å². The number of rotatable bonds is 7. The van der Waals surface area contributed by atoms with Crippen molar-refractivity contribution >= 4 is 36.1 Å². The van der Waals surface area contributed by atoms with Crippen molar-refractivity contribution in [2.75, 3.05) is 13.2 Å². The monoisotopic (exact) mass is 324 g/mol. The average molecular weight is 325 g/mol. The predicted octanol–water partition coefficient (Wildman–Crippen LogP) is 4.99. The van der Waals surface area contributed by atoms with Crippen molar-refractivity contribution in [1.29, 1.82) is 0 Å². The second-order valence-corrected chi connectivity index (χ2v) is 5.64. The molecule has 0 heterocycles. The van der Waals surface area contributed by atoms with Gasteiger partial charge in [0.05, 0.1) is 13.2 Å². The molecule has 7 heteroatoms. The van der Waals surface area contributed by atoms with Gasteiger partial charge in [0.25, 0.3) is 0 Å². The Labute approximate surface area is 122 Å². The second-order valence-electron chi connectivity index (χ2n) is 3.33. The van der Waals surface area contributed by atoms with Crippen molar-refractivity contribution in [2.24, 2.45) is 0 Å². The molecule has 1 aromatic rings. The Balaban J connectivity index is 2.92. The second kappa shape index (κ2) is 7.93. The minimum absolute atomic E-state index is 0.141. The minimum Gasteiger partial charge on any atom is -0.390 e. The largest absolute Gasteiger partial charge is 0.530 e. The van der Waals surface area contributed by atoms with Gasteiger partial charge in [-0.15, -0.1) is 0 Å². The standard InChI is InChI=1S/C12H15Cl2O4P/c1-3-16-19(15,17-4-2)18-12(14)11(13)10-8-6-5-7-9-10/h5-9H,3-4H2,1-2H3. The Morgan fingerprint density at radius 2 is 1.63 bits per heavy atom. The molecule has 0 aliphatic heterocycles. The van der Waals surface area contributed by atoms with Gasteiger partial charge in [0.2, 0.25) is 5.22 Å². The van der Waals surface area contributed by atoms with Crippen LogP contribution < -0.4 is 0 Å². The molecule has 1 aromatic carbocycles. The normalized spacial score (nSPS) is 13.1. The quantitative estimate of drug-likeness (QED) is 0.523. The van der Waals surface area contributed by atoms with E-state index in [9.17, 15) is 4.57 Å². The van der Waals surface area contributed by atoms with Crippen LogP contribution in [0.15, 0.2) is 35.6 Å². The van der Waals surface area contributed by atoms with E-state index in [0.717, 1.165) is 0 Å². The SMILES string of the molecule is CCOP(=O)(OCC)OC(Cl)=C(Cl)c1ccccc1. The van der Waals surface area contributed by atoms with Crippen LogP contribution in [0.2, 0.25) is 0 Å². The fourth-order valence-corrected chi connectivity index (χ4v) is 2.92. The fourth-order valence-electron chi connectivity index (χ4n) is 1.24. The molecule has 19 heavy (non-hydrogen) atoms. The summed E-state index contributed by atoms with van der Waals surface area (Å²) in [6, 6.07) is 8.94. The lowest BCUT2D eigenvalue weighted by molar-refractivity contribution is 0.151. The molecule has 0 radical (unpaired) electrons. The summed E-state index contributed by atoms with van der Waals surface area (Å²) in [5.41, 5.74) is 0.647. The van der Waals surface area contributed by atoms with E-state index in [2.05, 4.69) is 0 Å². The van der Waals surface area contributed by atoms with Crippen molar-refractivity contribution < 1.29 is 18.1 Å². The van der Waals surface area contributed by atoms with E-state index in [4.69, 9.17) is 36.8 Å². The first-order valence-corrected chi connectivity index (χ1v) is 7.93. The molecule has 0 fully saturated rings. The highest BCUT2D eigenvalue weighted by Crippen LogP contribution is 2.53. The maximum Gasteiger partial charge on any atom is 0.530 e. The maximum absolute atomic E-state index is 12.1. The van der Waals surface area contributed by atoms with Crippen LogP contribution in [0.5, 0.6) is 0 Å². The number of phosphoric acid groups is 1. The van der Waals surface area contributed by atoms with Gasteiger partial charge in [-0.05, 0) is 31.0 Å². The summed E-state index contributed by atoms with van der Waals surface area (Å²) in [7, 11) is -3.72. The molecule has 0 aliphatic rings. The zero-order chi connectivity index (χ0) is 14.3. The smallest absolute Gasteiger partial charge is 0.390 e. The summed E-state index contributed by atoms with van der Waals surface area (Å²) < 4.78 is 27.1. The molecule has 0 bridgehead atoms. The summed E-state index contributed by atoms with van der Waals surface area (Å²) in [6.07, 6.45) is 0. The lowest BCUT2D eigenvalue weighted by atomic mass is 10.2. The third kappa shape index (κ3) is 5.17. The van der Waals surface area contributed by atoms with Gasteiger partial charge in [0.1, 0.15) is 5.03 Å². The molecule has 0 saturated heterocycles. The Morgan fingerprint density at radius 1 is 1.11 bits per heavy atom. The van der Waals surface area contributed by atoms with Gasteiger partial charge in [0.15, 0.2) is 0 Å². The Bertz CT molecular complexity index is 466. The topological polar surface area (TPSA) is 44.8 Å². The van der Waals surface area contributed by atoms with Gasteiger partial charge in [-0.3, -0.25) is 9.05 Å². The van der Waals surface area contributed by atoms with E-state index < -0.39 is 7.82 Å². The third-order valence-corrected chi connectivity index (χ3v) is 4.38. The number of phosphoric ester groups is 1. The van der Waals surface area contributed by atoms with Crippen LogP contribution in [-0.2, 0) is 18.1 Å². The summed E-state index contributed by atoms with van der Waals surface area (Å²) in [5, 5.41) is -0.0833. The molecule has 0 aromatic heterocycles. The van der Waals surface area contributed by atoms with E-state index in [1.54, 1.807) is 38.1 Å². The van der Waals surface area contributed by atoms with Crippen LogP contribution in [0.4, 0.5) is 0 Å². The first-order chi connectivity index (χ1) is 9.02. The van der Waals surface area contributed by atoms with Gasteiger partial charge in [0, 0.05) is 0 Å². The first-order valence-electron chi connectivity index (χ1n) is 5.71. The molecule has 0 amide bonds. The molecule has 0 aliphatic carbocycles. The maximum atomic E-state index is 12.1. The molecule has 0 atom stereocenters. The highest BCUT2D eigenvalue weighted by atomic mass is 35.5. The molecular formula is C12H15Cl2O4P. The molecule has 1 rings (SSSR count). The summed E-state index contributed by atoms with van der Waals surface area (Å²) >= 11 is 12.0. The van der Waals surface area contributed by atoms with Gasteiger partial charge >= 0.3 is 7.82 Å². The van der Waals surface area contributed by atoms with E-state index in [-0.39, 0.29) is 23.5 Å². The van der Waals surface area contributed by atoms with Gasteiger partial charge in [-0.1, -0.05) is 41.9 Å². The van der Waals surface area contributed by atoms with Gasteiger partial charge in [-0.25, -0.2) is 4.57 Å². The van der Waals surface area contributed by atoms with Crippen LogP contribution in [0.3, 0.4) is 0 Å². The molecule has 106 valence electrons. The average Bonchev–Trinajstić information content (AvgIpc) is 2.39. The third-order valence-electron chi connectivity index (χ3n) is 1.97. The number of halogens is 2. The Morgan fingerprint density at radius 3 is 2.11 bits per heavy atom. The van der Waals surface area contributed by atoms with Crippen molar-refractivity contribution in [1.82, 2.24) is 0 Å².